The molecule has 0 aromatic heterocycles. The van der Waals surface area contributed by atoms with E-state index >= 15 is 0 Å². The average molecular weight is 629 g/mol. The van der Waals surface area contributed by atoms with E-state index in [4.69, 9.17) is 23.9 Å². The predicted octanol–water partition coefficient (Wildman–Crippen LogP) is 2.85. The minimum absolute atomic E-state index is 0.0953. The van der Waals surface area contributed by atoms with Crippen molar-refractivity contribution in [2.24, 2.45) is 15.9 Å². The van der Waals surface area contributed by atoms with Crippen molar-refractivity contribution in [3.63, 3.8) is 0 Å². The summed E-state index contributed by atoms with van der Waals surface area (Å²) >= 11 is 0. The zero-order valence-corrected chi connectivity index (χ0v) is 26.6. The lowest BCUT2D eigenvalue weighted by molar-refractivity contribution is 0.111. The summed E-state index contributed by atoms with van der Waals surface area (Å²) in [6, 6.07) is 3.94. The first-order chi connectivity index (χ1) is 21.4. The highest BCUT2D eigenvalue weighted by Gasteiger charge is 2.36. The molecule has 2 bridgehead atoms. The first kappa shape index (κ1) is 30.9. The van der Waals surface area contributed by atoms with Crippen LogP contribution in [-0.2, 0) is 25.9 Å². The smallest absolute Gasteiger partial charge is 0.231 e. The third-order valence-corrected chi connectivity index (χ3v) is 10.3. The Hall–Kier alpha value is -3.13. The van der Waals surface area contributed by atoms with Crippen LogP contribution in [0.4, 0.5) is 5.69 Å². The Morgan fingerprint density at radius 1 is 1.16 bits per heavy atom. The number of aliphatic imine (C=N–C) groups is 2. The molecule has 0 aliphatic carbocycles. The summed E-state index contributed by atoms with van der Waals surface area (Å²) in [5.41, 5.74) is 2.75. The summed E-state index contributed by atoms with van der Waals surface area (Å²) in [6.45, 7) is 9.29. The molecule has 1 saturated heterocycles. The van der Waals surface area contributed by atoms with Gasteiger partial charge in [0.1, 0.15) is 28.0 Å². The summed E-state index contributed by atoms with van der Waals surface area (Å²) < 4.78 is 47.9. The predicted molar refractivity (Wildman–Crippen MR) is 169 cm³/mol. The SMILES string of the molecule is CC1COCCCNCC=NCc2ccc3c(c2N=C2C1=CN1C=C(OCCCN4CCC(S(C)(=O)=O)CC4)N2C1)OCO3. The first-order valence-electron chi connectivity index (χ1n) is 15.6. The number of piperidine rings is 1. The molecule has 1 aromatic rings. The van der Waals surface area contributed by atoms with E-state index in [9.17, 15) is 8.42 Å². The van der Waals surface area contributed by atoms with Crippen molar-refractivity contribution in [3.8, 4) is 11.5 Å². The maximum atomic E-state index is 11.9. The number of hydrogen-bond acceptors (Lipinski definition) is 12. The first-order valence-corrected chi connectivity index (χ1v) is 17.6. The van der Waals surface area contributed by atoms with Crippen molar-refractivity contribution < 1.29 is 27.4 Å². The lowest BCUT2D eigenvalue weighted by Crippen LogP contribution is -2.40. The molecule has 1 unspecified atom stereocenters. The van der Waals surface area contributed by atoms with Gasteiger partial charge in [-0.25, -0.2) is 13.4 Å². The Kier molecular flexibility index (Phi) is 9.74. The number of fused-ring (bicyclic) bond motifs is 7. The summed E-state index contributed by atoms with van der Waals surface area (Å²) in [5, 5.41) is 3.18. The van der Waals surface area contributed by atoms with E-state index in [-0.39, 0.29) is 18.0 Å². The minimum Gasteiger partial charge on any atom is -0.478 e. The van der Waals surface area contributed by atoms with Crippen LogP contribution in [0.2, 0.25) is 0 Å². The molecule has 5 heterocycles. The van der Waals surface area contributed by atoms with Crippen LogP contribution in [0.25, 0.3) is 0 Å². The number of ether oxygens (including phenoxy) is 4. The third-order valence-electron chi connectivity index (χ3n) is 8.66. The van der Waals surface area contributed by atoms with Crippen molar-refractivity contribution in [3.05, 3.63) is 41.6 Å². The van der Waals surface area contributed by atoms with Gasteiger partial charge in [-0.05, 0) is 51.4 Å². The van der Waals surface area contributed by atoms with E-state index in [2.05, 4.69) is 38.1 Å². The third kappa shape index (κ3) is 7.22. The summed E-state index contributed by atoms with van der Waals surface area (Å²) in [5.74, 6) is 2.98. The van der Waals surface area contributed by atoms with Gasteiger partial charge in [0.25, 0.3) is 0 Å². The highest BCUT2D eigenvalue weighted by Crippen LogP contribution is 2.45. The van der Waals surface area contributed by atoms with E-state index in [1.807, 2.05) is 24.5 Å². The van der Waals surface area contributed by atoms with Gasteiger partial charge in [-0.2, -0.15) is 0 Å². The van der Waals surface area contributed by atoms with E-state index in [0.29, 0.717) is 63.9 Å². The molecule has 240 valence electrons. The van der Waals surface area contributed by atoms with Crippen LogP contribution in [0.5, 0.6) is 11.5 Å². The second-order valence-electron chi connectivity index (χ2n) is 12.0. The molecular formula is C31H44N6O6S. The molecule has 1 N–H and O–H groups in total. The molecule has 1 fully saturated rings. The van der Waals surface area contributed by atoms with Crippen LogP contribution in [0.1, 0.15) is 38.2 Å². The van der Waals surface area contributed by atoms with Crippen LogP contribution in [-0.4, -0.2) is 113 Å². The van der Waals surface area contributed by atoms with E-state index < -0.39 is 9.84 Å². The largest absolute Gasteiger partial charge is 0.478 e. The highest BCUT2D eigenvalue weighted by atomic mass is 32.2. The molecule has 12 nitrogen and oxygen atoms in total. The number of likely N-dealkylation sites (tertiary alicyclic amines) is 1. The molecule has 44 heavy (non-hydrogen) atoms. The molecule has 13 heteroatoms. The van der Waals surface area contributed by atoms with Gasteiger partial charge in [-0.1, -0.05) is 13.0 Å². The topological polar surface area (TPSA) is 118 Å². The highest BCUT2D eigenvalue weighted by molar-refractivity contribution is 7.91. The fraction of sp³-hybridized carbons (Fsp3) is 0.613. The minimum atomic E-state index is -2.97. The molecule has 0 amide bonds. The number of amidine groups is 1. The quantitative estimate of drug-likeness (QED) is 0.472. The monoisotopic (exact) mass is 628 g/mol. The summed E-state index contributed by atoms with van der Waals surface area (Å²) in [7, 11) is -2.97. The van der Waals surface area contributed by atoms with Gasteiger partial charge < -0.3 is 34.1 Å². The number of hydrogen-bond donors (Lipinski definition) is 1. The van der Waals surface area contributed by atoms with Crippen LogP contribution in [0, 0.1) is 5.92 Å². The molecule has 1 atom stereocenters. The van der Waals surface area contributed by atoms with Crippen molar-refractivity contribution in [2.75, 3.05) is 72.3 Å². The Balaban J connectivity index is 1.20. The van der Waals surface area contributed by atoms with Gasteiger partial charge in [-0.3, -0.25) is 9.89 Å². The zero-order valence-electron chi connectivity index (χ0n) is 25.7. The molecule has 5 aliphatic heterocycles. The maximum absolute atomic E-state index is 11.9. The van der Waals surface area contributed by atoms with E-state index in [0.717, 1.165) is 67.6 Å². The lowest BCUT2D eigenvalue weighted by atomic mass is 10.00. The van der Waals surface area contributed by atoms with E-state index in [1.54, 1.807) is 0 Å². The van der Waals surface area contributed by atoms with Gasteiger partial charge in [0.05, 0.1) is 31.2 Å². The number of nitrogens with one attached hydrogen (secondary N) is 1. The van der Waals surface area contributed by atoms with Crippen molar-refractivity contribution in [2.45, 2.75) is 44.4 Å². The Bertz CT molecular complexity index is 1420. The maximum Gasteiger partial charge on any atom is 0.231 e. The number of rotatable bonds is 6. The van der Waals surface area contributed by atoms with Crippen LogP contribution >= 0.6 is 0 Å². The number of benzene rings is 1. The van der Waals surface area contributed by atoms with Crippen LogP contribution < -0.4 is 14.8 Å². The van der Waals surface area contributed by atoms with Crippen LogP contribution in [0.3, 0.4) is 0 Å². The van der Waals surface area contributed by atoms with Crippen LogP contribution in [0.15, 0.2) is 46.0 Å². The normalized spacial score (nSPS) is 23.5. The fourth-order valence-corrected chi connectivity index (χ4v) is 7.21. The number of sulfone groups is 1. The van der Waals surface area contributed by atoms with Gasteiger partial charge in [0.2, 0.25) is 12.7 Å². The van der Waals surface area contributed by atoms with Crippen molar-refractivity contribution >= 4 is 27.6 Å². The van der Waals surface area contributed by atoms with Crippen molar-refractivity contribution in [1.82, 2.24) is 20.0 Å². The van der Waals surface area contributed by atoms with Gasteiger partial charge in [0.15, 0.2) is 11.5 Å². The standard InChI is InChI=1S/C31H44N6O6S/c1-23-20-40-15-3-9-32-10-11-33-17-24-5-6-27-30(43-22-42-27)29(24)34-31-26(23)18-36-19-28(37(31)21-36)41-16-4-12-35-13-7-25(8-14-35)44(2,38)39/h5-6,11,18-19,23,25,32H,3-4,7-10,12-17,20-22H2,1-2H3. The summed E-state index contributed by atoms with van der Waals surface area (Å²) in [4.78, 5) is 16.5. The lowest BCUT2D eigenvalue weighted by Gasteiger charge is -2.33. The average Bonchev–Trinajstić information content (AvgIpc) is 3.62. The molecule has 0 saturated carbocycles. The van der Waals surface area contributed by atoms with Gasteiger partial charge in [0, 0.05) is 55.4 Å². The summed E-state index contributed by atoms with van der Waals surface area (Å²) in [6.07, 6.45) is 10.6. The Labute approximate surface area is 260 Å². The molecular weight excluding hydrogens is 584 g/mol. The molecule has 0 spiro atoms. The molecule has 0 radical (unpaired) electrons. The van der Waals surface area contributed by atoms with Gasteiger partial charge >= 0.3 is 0 Å². The fourth-order valence-electron chi connectivity index (χ4n) is 6.14. The molecule has 5 aliphatic rings. The Morgan fingerprint density at radius 3 is 2.86 bits per heavy atom. The molecule has 6 rings (SSSR count). The zero-order chi connectivity index (χ0) is 30.5. The van der Waals surface area contributed by atoms with Crippen molar-refractivity contribution in [1.29, 1.82) is 0 Å². The second-order valence-corrected chi connectivity index (χ2v) is 14.3. The number of nitrogens with zero attached hydrogens (tertiary/aromatic N) is 5. The Morgan fingerprint density at radius 2 is 2.02 bits per heavy atom. The molecule has 1 aromatic carbocycles. The van der Waals surface area contributed by atoms with Gasteiger partial charge in [-0.15, -0.1) is 0 Å². The van der Waals surface area contributed by atoms with E-state index in [1.165, 1.54) is 6.26 Å². The second kappa shape index (κ2) is 13.9.